The molecule has 1 aromatic carbocycles. The summed E-state index contributed by atoms with van der Waals surface area (Å²) in [6.45, 7) is 2.61. The number of nitrogens with zero attached hydrogens (tertiary/aromatic N) is 2. The molecule has 1 aliphatic heterocycles. The van der Waals surface area contributed by atoms with Gasteiger partial charge in [-0.1, -0.05) is 18.2 Å². The Bertz CT molecular complexity index is 667. The van der Waals surface area contributed by atoms with Crippen LogP contribution in [-0.2, 0) is 9.59 Å². The van der Waals surface area contributed by atoms with E-state index in [0.29, 0.717) is 17.9 Å². The first-order valence-corrected chi connectivity index (χ1v) is 7.91. The third-order valence-electron chi connectivity index (χ3n) is 4.12. The summed E-state index contributed by atoms with van der Waals surface area (Å²) in [4.78, 5) is 28.1. The minimum Gasteiger partial charge on any atom is -0.503 e. The predicted octanol–water partition coefficient (Wildman–Crippen LogP) is 1.93. The molecule has 130 valence electrons. The molecule has 0 spiro atoms. The fraction of sp³-hybridized carbons (Fsp3) is 0.444. The van der Waals surface area contributed by atoms with Crippen LogP contribution in [0.2, 0.25) is 0 Å². The summed E-state index contributed by atoms with van der Waals surface area (Å²) in [7, 11) is 5.46. The van der Waals surface area contributed by atoms with E-state index in [0.717, 1.165) is 13.0 Å². The standard InChI is InChI=1S/C18H24N2O4/c1-12(21)15-16(13-8-5-6-9-14(13)24-4)20(18(23)17(15)22)11-7-10-19(2)3/h5-6,8-9,16,22H,7,10-11H2,1-4H3. The molecular weight excluding hydrogens is 308 g/mol. The largest absolute Gasteiger partial charge is 0.503 e. The molecule has 0 fully saturated rings. The van der Waals surface area contributed by atoms with Gasteiger partial charge in [0.15, 0.2) is 11.5 Å². The first kappa shape index (κ1) is 18.0. The number of carbonyl (C=O) groups is 2. The van der Waals surface area contributed by atoms with Gasteiger partial charge in [-0.2, -0.15) is 0 Å². The van der Waals surface area contributed by atoms with Crippen LogP contribution in [0.4, 0.5) is 0 Å². The number of rotatable bonds is 7. The quantitative estimate of drug-likeness (QED) is 0.826. The first-order chi connectivity index (χ1) is 11.4. The predicted molar refractivity (Wildman–Crippen MR) is 91.0 cm³/mol. The number of carbonyl (C=O) groups excluding carboxylic acids is 2. The molecule has 0 bridgehead atoms. The maximum atomic E-state index is 12.5. The molecule has 0 radical (unpaired) electrons. The molecule has 0 aromatic heterocycles. The molecular formula is C18H24N2O4. The van der Waals surface area contributed by atoms with Gasteiger partial charge < -0.3 is 19.6 Å². The highest BCUT2D eigenvalue weighted by Crippen LogP contribution is 2.41. The molecule has 24 heavy (non-hydrogen) atoms. The van der Waals surface area contributed by atoms with Gasteiger partial charge in [0.1, 0.15) is 5.75 Å². The molecule has 6 nitrogen and oxygen atoms in total. The number of amides is 1. The van der Waals surface area contributed by atoms with Crippen molar-refractivity contribution < 1.29 is 19.4 Å². The van der Waals surface area contributed by atoms with Crippen LogP contribution in [0.3, 0.4) is 0 Å². The summed E-state index contributed by atoms with van der Waals surface area (Å²) in [6.07, 6.45) is 0.739. The van der Waals surface area contributed by atoms with Crippen LogP contribution in [0.5, 0.6) is 5.75 Å². The molecule has 1 unspecified atom stereocenters. The van der Waals surface area contributed by atoms with Crippen LogP contribution < -0.4 is 4.74 Å². The van der Waals surface area contributed by atoms with Crippen LogP contribution in [0.1, 0.15) is 24.9 Å². The van der Waals surface area contributed by atoms with Gasteiger partial charge in [0, 0.05) is 12.1 Å². The van der Waals surface area contributed by atoms with E-state index in [-0.39, 0.29) is 11.4 Å². The van der Waals surface area contributed by atoms with E-state index in [1.54, 1.807) is 18.1 Å². The minimum absolute atomic E-state index is 0.134. The summed E-state index contributed by atoms with van der Waals surface area (Å²) in [5.74, 6) is -0.689. The molecule has 1 aliphatic rings. The van der Waals surface area contributed by atoms with Gasteiger partial charge >= 0.3 is 0 Å². The number of benzene rings is 1. The van der Waals surface area contributed by atoms with Crippen LogP contribution in [-0.4, -0.2) is 60.9 Å². The van der Waals surface area contributed by atoms with Crippen LogP contribution >= 0.6 is 0 Å². The van der Waals surface area contributed by atoms with Crippen LogP contribution in [0.15, 0.2) is 35.6 Å². The molecule has 2 rings (SSSR count). The fourth-order valence-electron chi connectivity index (χ4n) is 3.02. The zero-order valence-corrected chi connectivity index (χ0v) is 14.6. The van der Waals surface area contributed by atoms with E-state index >= 15 is 0 Å². The van der Waals surface area contributed by atoms with Gasteiger partial charge in [-0.3, -0.25) is 9.59 Å². The normalized spacial score (nSPS) is 17.8. The summed E-state index contributed by atoms with van der Waals surface area (Å²) >= 11 is 0. The van der Waals surface area contributed by atoms with Gasteiger partial charge in [-0.15, -0.1) is 0 Å². The highest BCUT2D eigenvalue weighted by molar-refractivity contribution is 6.08. The monoisotopic (exact) mass is 332 g/mol. The van der Waals surface area contributed by atoms with Crippen molar-refractivity contribution in [3.8, 4) is 5.75 Å². The van der Waals surface area contributed by atoms with Crippen molar-refractivity contribution in [1.29, 1.82) is 0 Å². The average Bonchev–Trinajstić information content (AvgIpc) is 2.79. The van der Waals surface area contributed by atoms with E-state index in [4.69, 9.17) is 4.74 Å². The molecule has 1 amide bonds. The van der Waals surface area contributed by atoms with E-state index < -0.39 is 17.7 Å². The molecule has 0 saturated carbocycles. The van der Waals surface area contributed by atoms with Crippen molar-refractivity contribution in [2.75, 3.05) is 34.3 Å². The van der Waals surface area contributed by atoms with E-state index in [2.05, 4.69) is 0 Å². The van der Waals surface area contributed by atoms with Crippen molar-refractivity contribution in [2.45, 2.75) is 19.4 Å². The zero-order chi connectivity index (χ0) is 17.9. The number of hydrogen-bond donors (Lipinski definition) is 1. The van der Waals surface area contributed by atoms with Gasteiger partial charge in [0.25, 0.3) is 5.91 Å². The Morgan fingerprint density at radius 2 is 2.00 bits per heavy atom. The third kappa shape index (κ3) is 3.43. The average molecular weight is 332 g/mol. The number of para-hydroxylation sites is 1. The first-order valence-electron chi connectivity index (χ1n) is 7.91. The number of aliphatic hydroxyl groups is 1. The summed E-state index contributed by atoms with van der Waals surface area (Å²) < 4.78 is 5.39. The second kappa shape index (κ2) is 7.49. The Morgan fingerprint density at radius 3 is 2.58 bits per heavy atom. The second-order valence-corrected chi connectivity index (χ2v) is 6.12. The maximum Gasteiger partial charge on any atom is 0.290 e. The maximum absolute atomic E-state index is 12.5. The van der Waals surface area contributed by atoms with Crippen LogP contribution in [0, 0.1) is 0 Å². The smallest absolute Gasteiger partial charge is 0.290 e. The van der Waals surface area contributed by atoms with Crippen molar-refractivity contribution in [3.05, 3.63) is 41.2 Å². The lowest BCUT2D eigenvalue weighted by molar-refractivity contribution is -0.129. The second-order valence-electron chi connectivity index (χ2n) is 6.12. The number of ketones is 1. The lowest BCUT2D eigenvalue weighted by Crippen LogP contribution is -2.33. The number of hydrogen-bond acceptors (Lipinski definition) is 5. The van der Waals surface area contributed by atoms with Gasteiger partial charge in [-0.05, 0) is 40.1 Å². The molecule has 1 heterocycles. The summed E-state index contributed by atoms with van der Waals surface area (Å²) in [6, 6.07) is 6.63. The summed E-state index contributed by atoms with van der Waals surface area (Å²) in [5, 5.41) is 10.2. The van der Waals surface area contributed by atoms with E-state index in [1.165, 1.54) is 6.92 Å². The van der Waals surface area contributed by atoms with Gasteiger partial charge in [-0.25, -0.2) is 0 Å². The number of aliphatic hydroxyl groups excluding tert-OH is 1. The third-order valence-corrected chi connectivity index (χ3v) is 4.12. The van der Waals surface area contributed by atoms with Crippen molar-refractivity contribution >= 4 is 11.7 Å². The molecule has 1 atom stereocenters. The van der Waals surface area contributed by atoms with Crippen LogP contribution in [0.25, 0.3) is 0 Å². The molecule has 1 aromatic rings. The molecule has 0 saturated heterocycles. The SMILES string of the molecule is COc1ccccc1C1C(C(C)=O)=C(O)C(=O)N1CCCN(C)C. The topological polar surface area (TPSA) is 70.1 Å². The lowest BCUT2D eigenvalue weighted by atomic mass is 9.96. The van der Waals surface area contributed by atoms with Crippen molar-refractivity contribution in [3.63, 3.8) is 0 Å². The Morgan fingerprint density at radius 1 is 1.33 bits per heavy atom. The van der Waals surface area contributed by atoms with Gasteiger partial charge in [0.05, 0.1) is 18.7 Å². The van der Waals surface area contributed by atoms with Crippen molar-refractivity contribution in [1.82, 2.24) is 9.80 Å². The van der Waals surface area contributed by atoms with E-state index in [1.807, 2.05) is 37.2 Å². The number of Topliss-reactive ketones (excluding diaryl/α,β-unsaturated/α-hetero) is 1. The highest BCUT2D eigenvalue weighted by atomic mass is 16.5. The zero-order valence-electron chi connectivity index (χ0n) is 14.6. The number of ether oxygens (including phenoxy) is 1. The Kier molecular flexibility index (Phi) is 5.62. The highest BCUT2D eigenvalue weighted by Gasteiger charge is 2.43. The minimum atomic E-state index is -0.617. The van der Waals surface area contributed by atoms with Crippen molar-refractivity contribution in [2.24, 2.45) is 0 Å². The number of methoxy groups -OCH3 is 1. The Balaban J connectivity index is 2.43. The fourth-order valence-corrected chi connectivity index (χ4v) is 3.02. The molecule has 1 N–H and O–H groups in total. The Hall–Kier alpha value is -2.34. The summed E-state index contributed by atoms with van der Waals surface area (Å²) in [5.41, 5.74) is 0.835. The molecule has 0 aliphatic carbocycles. The lowest BCUT2D eigenvalue weighted by Gasteiger charge is -2.28. The van der Waals surface area contributed by atoms with E-state index in [9.17, 15) is 14.7 Å². The van der Waals surface area contributed by atoms with Gasteiger partial charge in [0.2, 0.25) is 0 Å². The Labute approximate surface area is 142 Å². The molecule has 6 heteroatoms.